The van der Waals surface area contributed by atoms with Crippen LogP contribution in [0.5, 0.6) is 0 Å². The first-order valence-electron chi connectivity index (χ1n) is 11.4. The molecule has 12 nitrogen and oxygen atoms in total. The average Bonchev–Trinajstić information content (AvgIpc) is 3.23. The molecule has 2 radical (unpaired) electrons. The molecule has 4 rings (SSSR count). The zero-order valence-electron chi connectivity index (χ0n) is 20.4. The number of anilines is 1. The van der Waals surface area contributed by atoms with E-state index in [-0.39, 0.29) is 23.6 Å². The summed E-state index contributed by atoms with van der Waals surface area (Å²) in [4.78, 5) is 17.6. The number of nitrogens with one attached hydrogen (secondary N) is 1. The number of nitrogens with zero attached hydrogens (tertiary/aromatic N) is 6. The molecule has 1 aliphatic heterocycles. The highest BCUT2D eigenvalue weighted by atomic mass is 32.2. The van der Waals surface area contributed by atoms with Crippen LogP contribution < -0.4 is 5.32 Å². The highest BCUT2D eigenvalue weighted by Crippen LogP contribution is 2.28. The number of sulfone groups is 1. The quantitative estimate of drug-likeness (QED) is 0.222. The molecule has 0 saturated carbocycles. The third kappa shape index (κ3) is 6.26. The second kappa shape index (κ2) is 10.9. The summed E-state index contributed by atoms with van der Waals surface area (Å²) in [6, 6.07) is 2.59. The average molecular weight is 552 g/mol. The van der Waals surface area contributed by atoms with Crippen molar-refractivity contribution in [2.24, 2.45) is 0 Å². The highest BCUT2D eigenvalue weighted by molar-refractivity contribution is 7.90. The van der Waals surface area contributed by atoms with Gasteiger partial charge in [0.15, 0.2) is 5.65 Å². The molecule has 0 spiro atoms. The van der Waals surface area contributed by atoms with E-state index in [4.69, 9.17) is 9.72 Å². The maximum atomic E-state index is 12.1. The smallest absolute Gasteiger partial charge is 0.248 e. The topological polar surface area (TPSA) is 149 Å². The number of aromatic nitrogens is 5. The van der Waals surface area contributed by atoms with E-state index < -0.39 is 19.9 Å². The molecule has 1 N–H and O–H groups in total. The normalized spacial score (nSPS) is 17.5. The van der Waals surface area contributed by atoms with Crippen LogP contribution in [0, 0.1) is 0 Å². The number of hydrogen-bond acceptors (Lipinski definition) is 10. The van der Waals surface area contributed by atoms with Crippen LogP contribution in [0.15, 0.2) is 29.8 Å². The Morgan fingerprint density at radius 1 is 1.17 bits per heavy atom. The van der Waals surface area contributed by atoms with Crippen molar-refractivity contribution >= 4 is 46.4 Å². The van der Waals surface area contributed by atoms with Gasteiger partial charge in [0, 0.05) is 53.9 Å². The number of hydrogen-bond donors (Lipinski definition) is 1. The minimum absolute atomic E-state index is 0.253. The monoisotopic (exact) mass is 551 g/mol. The van der Waals surface area contributed by atoms with E-state index in [0.717, 1.165) is 21.8 Å². The highest BCUT2D eigenvalue weighted by Gasteiger charge is 2.27. The zero-order chi connectivity index (χ0) is 25.9. The van der Waals surface area contributed by atoms with Gasteiger partial charge in [0.2, 0.25) is 25.0 Å². The summed E-state index contributed by atoms with van der Waals surface area (Å²) in [6.07, 6.45) is 8.44. The Morgan fingerprint density at radius 2 is 1.97 bits per heavy atom. The molecule has 0 aromatic carbocycles. The fourth-order valence-corrected chi connectivity index (χ4v) is 5.69. The lowest BCUT2D eigenvalue weighted by atomic mass is 10.1. The summed E-state index contributed by atoms with van der Waals surface area (Å²) < 4.78 is 57.3. The van der Waals surface area contributed by atoms with Crippen LogP contribution in [0.1, 0.15) is 12.8 Å². The summed E-state index contributed by atoms with van der Waals surface area (Å²) >= 11 is 0. The molecule has 1 saturated heterocycles. The third-order valence-corrected chi connectivity index (χ3v) is 8.59. The molecular weight excluding hydrogens is 522 g/mol. The summed E-state index contributed by atoms with van der Waals surface area (Å²) in [6.45, 7) is 3.88. The van der Waals surface area contributed by atoms with Crippen LogP contribution in [0.3, 0.4) is 0 Å². The van der Waals surface area contributed by atoms with Crippen molar-refractivity contribution in [3.63, 3.8) is 0 Å². The van der Waals surface area contributed by atoms with Gasteiger partial charge < -0.3 is 14.6 Å². The largest absolute Gasteiger partial charge is 0.365 e. The van der Waals surface area contributed by atoms with Crippen LogP contribution in [0.4, 0.5) is 5.82 Å². The first-order chi connectivity index (χ1) is 17.1. The third-order valence-electron chi connectivity index (χ3n) is 5.76. The summed E-state index contributed by atoms with van der Waals surface area (Å²) in [5.41, 5.74) is 2.25. The Morgan fingerprint density at radius 3 is 2.69 bits per heavy atom. The van der Waals surface area contributed by atoms with E-state index in [1.807, 2.05) is 16.8 Å². The Hall–Kier alpha value is -2.46. The SMILES string of the molecule is C[Si]CCOCn1ccc2nc(-c3cnc(S(C)(=O)=O)nc3NC3CCCN(S(C)(=O)=O)C3)cnc21. The number of fused-ring (bicyclic) bond motifs is 1. The summed E-state index contributed by atoms with van der Waals surface area (Å²) in [7, 11) is -6.17. The van der Waals surface area contributed by atoms with Gasteiger partial charge in [-0.25, -0.2) is 41.1 Å². The van der Waals surface area contributed by atoms with Crippen LogP contribution in [0.25, 0.3) is 22.4 Å². The van der Waals surface area contributed by atoms with Crippen molar-refractivity contribution < 1.29 is 21.6 Å². The van der Waals surface area contributed by atoms with Gasteiger partial charge in [0.25, 0.3) is 0 Å². The van der Waals surface area contributed by atoms with Crippen LogP contribution in [0.2, 0.25) is 12.6 Å². The molecular formula is C21H29N7O5S2Si. The fourth-order valence-electron chi connectivity index (χ4n) is 3.93. The maximum Gasteiger partial charge on any atom is 0.248 e. The van der Waals surface area contributed by atoms with Crippen LogP contribution in [-0.2, 0) is 31.3 Å². The Bertz CT molecular complexity index is 1450. The van der Waals surface area contributed by atoms with Crippen molar-refractivity contribution in [1.29, 1.82) is 0 Å². The predicted molar refractivity (Wildman–Crippen MR) is 137 cm³/mol. The van der Waals surface area contributed by atoms with Gasteiger partial charge in [0.05, 0.1) is 23.7 Å². The molecule has 0 aliphatic carbocycles. The van der Waals surface area contributed by atoms with Gasteiger partial charge in [-0.3, -0.25) is 0 Å². The van der Waals surface area contributed by atoms with E-state index in [0.29, 0.717) is 55.1 Å². The van der Waals surface area contributed by atoms with Crippen LogP contribution in [-0.4, -0.2) is 93.4 Å². The van der Waals surface area contributed by atoms with Gasteiger partial charge in [0.1, 0.15) is 18.1 Å². The molecule has 1 atom stereocenters. The lowest BCUT2D eigenvalue weighted by molar-refractivity contribution is 0.0905. The van der Waals surface area contributed by atoms with Crippen molar-refractivity contribution in [3.8, 4) is 11.3 Å². The van der Waals surface area contributed by atoms with Gasteiger partial charge in [-0.15, -0.1) is 0 Å². The molecule has 0 bridgehead atoms. The first-order valence-corrected chi connectivity index (χ1v) is 16.8. The Balaban J connectivity index is 1.65. The van der Waals surface area contributed by atoms with E-state index in [2.05, 4.69) is 26.8 Å². The molecule has 3 aromatic heterocycles. The van der Waals surface area contributed by atoms with Crippen molar-refractivity contribution in [2.75, 3.05) is 37.5 Å². The number of ether oxygens (including phenoxy) is 1. The second-order valence-electron chi connectivity index (χ2n) is 8.68. The molecule has 0 amide bonds. The molecule has 15 heteroatoms. The Kier molecular flexibility index (Phi) is 8.04. The maximum absolute atomic E-state index is 12.1. The first kappa shape index (κ1) is 26.6. The van der Waals surface area contributed by atoms with E-state index in [9.17, 15) is 16.8 Å². The van der Waals surface area contributed by atoms with E-state index in [1.165, 1.54) is 16.8 Å². The Labute approximate surface area is 213 Å². The molecule has 36 heavy (non-hydrogen) atoms. The zero-order valence-corrected chi connectivity index (χ0v) is 23.0. The van der Waals surface area contributed by atoms with Gasteiger partial charge in [-0.1, -0.05) is 6.55 Å². The predicted octanol–water partition coefficient (Wildman–Crippen LogP) is 1.27. The van der Waals surface area contributed by atoms with Crippen molar-refractivity contribution in [1.82, 2.24) is 28.8 Å². The standard InChI is InChI=1S/C21H29N7O5S2Si/c1-34(29,30)21-23-11-16(19(26-21)24-15-5-4-7-28(13-15)35(2,31)32)18-12-22-20-17(25-18)6-8-27(20)14-33-9-10-36-3/h6,8,11-12,15H,4-5,7,9-10,13-14H2,1-3H3,(H,23,24,26). The summed E-state index contributed by atoms with van der Waals surface area (Å²) in [5, 5.41) is 2.92. The lowest BCUT2D eigenvalue weighted by Crippen LogP contribution is -2.44. The fraction of sp³-hybridized carbons (Fsp3) is 0.524. The van der Waals surface area contributed by atoms with Gasteiger partial charge >= 0.3 is 0 Å². The second-order valence-corrected chi connectivity index (χ2v) is 13.8. The minimum Gasteiger partial charge on any atom is -0.365 e. The molecule has 3 aromatic rings. The molecule has 1 fully saturated rings. The minimum atomic E-state index is -3.66. The number of sulfonamides is 1. The number of rotatable bonds is 10. The van der Waals surface area contributed by atoms with Gasteiger partial charge in [-0.2, -0.15) is 0 Å². The number of piperidine rings is 1. The molecule has 194 valence electrons. The lowest BCUT2D eigenvalue weighted by Gasteiger charge is -2.32. The molecule has 1 aliphatic rings. The molecule has 4 heterocycles. The van der Waals surface area contributed by atoms with Gasteiger partial charge in [-0.05, 0) is 25.0 Å². The van der Waals surface area contributed by atoms with Crippen LogP contribution >= 0.6 is 0 Å². The molecule has 1 unspecified atom stereocenters. The van der Waals surface area contributed by atoms with Crippen molar-refractivity contribution in [2.45, 2.75) is 43.4 Å². The van der Waals surface area contributed by atoms with Crippen molar-refractivity contribution in [3.05, 3.63) is 24.7 Å². The van der Waals surface area contributed by atoms with E-state index in [1.54, 1.807) is 6.20 Å². The van der Waals surface area contributed by atoms with E-state index >= 15 is 0 Å². The summed E-state index contributed by atoms with van der Waals surface area (Å²) in [5.74, 6) is 0.266.